The van der Waals surface area contributed by atoms with Crippen molar-refractivity contribution in [2.45, 2.75) is 46.3 Å². The first-order valence-electron chi connectivity index (χ1n) is 7.07. The number of aromatic nitrogens is 2. The van der Waals surface area contributed by atoms with Crippen molar-refractivity contribution in [2.75, 3.05) is 11.9 Å². The Labute approximate surface area is 125 Å². The standard InChI is InChI=1S/C14H23N5O2/c1-9(2)12(20)5-6-16-14(21)17-13-11(7-15)8-19(18-13)10(3)4/h8-10,12,20H,5-6H2,1-4H3,(H2,16,17,18,21). The van der Waals surface area contributed by atoms with Gasteiger partial charge in [0.1, 0.15) is 11.6 Å². The minimum atomic E-state index is -0.444. The van der Waals surface area contributed by atoms with Crippen molar-refractivity contribution in [3.8, 4) is 6.07 Å². The van der Waals surface area contributed by atoms with Crippen molar-refractivity contribution < 1.29 is 9.90 Å². The molecule has 1 aromatic heterocycles. The van der Waals surface area contributed by atoms with Gasteiger partial charge in [-0.05, 0) is 26.2 Å². The molecule has 0 aliphatic rings. The van der Waals surface area contributed by atoms with Crippen LogP contribution in [-0.2, 0) is 0 Å². The van der Waals surface area contributed by atoms with E-state index in [9.17, 15) is 9.90 Å². The first-order chi connectivity index (χ1) is 9.85. The third kappa shape index (κ3) is 5.08. The SMILES string of the molecule is CC(C)C(O)CCNC(=O)Nc1nn(C(C)C)cc1C#N. The maximum absolute atomic E-state index is 11.7. The van der Waals surface area contributed by atoms with Crippen LogP contribution in [0, 0.1) is 17.2 Å². The van der Waals surface area contributed by atoms with E-state index in [1.54, 1.807) is 10.9 Å². The number of aliphatic hydroxyl groups is 1. The van der Waals surface area contributed by atoms with Gasteiger partial charge in [-0.15, -0.1) is 0 Å². The highest BCUT2D eigenvalue weighted by Crippen LogP contribution is 2.15. The Kier molecular flexibility index (Phi) is 6.18. The lowest BCUT2D eigenvalue weighted by atomic mass is 10.0. The Balaban J connectivity index is 2.53. The van der Waals surface area contributed by atoms with Crippen LogP contribution in [0.15, 0.2) is 6.20 Å². The monoisotopic (exact) mass is 293 g/mol. The summed E-state index contributed by atoms with van der Waals surface area (Å²) in [5.41, 5.74) is 0.320. The fourth-order valence-electron chi connectivity index (χ4n) is 1.65. The average molecular weight is 293 g/mol. The molecule has 7 nitrogen and oxygen atoms in total. The molecule has 1 unspecified atom stereocenters. The summed E-state index contributed by atoms with van der Waals surface area (Å²) in [6.45, 7) is 8.07. The van der Waals surface area contributed by atoms with Crippen LogP contribution in [0.3, 0.4) is 0 Å². The summed E-state index contributed by atoms with van der Waals surface area (Å²) in [5.74, 6) is 0.398. The van der Waals surface area contributed by atoms with Crippen LogP contribution in [0.4, 0.5) is 10.6 Å². The Bertz CT molecular complexity index is 516. The highest BCUT2D eigenvalue weighted by Gasteiger charge is 2.14. The van der Waals surface area contributed by atoms with Crippen molar-refractivity contribution in [3.05, 3.63) is 11.8 Å². The van der Waals surface area contributed by atoms with Gasteiger partial charge >= 0.3 is 6.03 Å². The predicted octanol–water partition coefficient (Wildman–Crippen LogP) is 1.86. The molecule has 7 heteroatoms. The zero-order chi connectivity index (χ0) is 16.0. The lowest BCUT2D eigenvalue weighted by molar-refractivity contribution is 0.117. The van der Waals surface area contributed by atoms with Crippen LogP contribution in [0.25, 0.3) is 0 Å². The van der Waals surface area contributed by atoms with Gasteiger partial charge in [0.05, 0.1) is 6.10 Å². The summed E-state index contributed by atoms with van der Waals surface area (Å²) in [5, 5.41) is 28.0. The lowest BCUT2D eigenvalue weighted by Gasteiger charge is -2.14. The zero-order valence-electron chi connectivity index (χ0n) is 12.9. The molecule has 0 saturated carbocycles. The molecule has 0 bridgehead atoms. The molecule has 0 aromatic carbocycles. The van der Waals surface area contributed by atoms with E-state index in [1.807, 2.05) is 33.8 Å². The lowest BCUT2D eigenvalue weighted by Crippen LogP contribution is -2.32. The number of carbonyl (C=O) groups excluding carboxylic acids is 1. The summed E-state index contributed by atoms with van der Waals surface area (Å²) < 4.78 is 1.62. The van der Waals surface area contributed by atoms with Gasteiger partial charge in [0.2, 0.25) is 0 Å². The van der Waals surface area contributed by atoms with Crippen molar-refractivity contribution in [3.63, 3.8) is 0 Å². The number of urea groups is 1. The molecule has 1 atom stereocenters. The average Bonchev–Trinajstić information content (AvgIpc) is 2.81. The number of amides is 2. The van der Waals surface area contributed by atoms with Crippen LogP contribution < -0.4 is 10.6 Å². The number of rotatable bonds is 6. The predicted molar refractivity (Wildman–Crippen MR) is 79.8 cm³/mol. The van der Waals surface area contributed by atoms with Crippen LogP contribution >= 0.6 is 0 Å². The summed E-state index contributed by atoms with van der Waals surface area (Å²) in [7, 11) is 0. The summed E-state index contributed by atoms with van der Waals surface area (Å²) in [4.78, 5) is 11.7. The van der Waals surface area contributed by atoms with Crippen molar-refractivity contribution in [1.29, 1.82) is 5.26 Å². The van der Waals surface area contributed by atoms with E-state index in [-0.39, 0.29) is 17.8 Å². The van der Waals surface area contributed by atoms with Gasteiger partial charge in [-0.2, -0.15) is 10.4 Å². The smallest absolute Gasteiger partial charge is 0.320 e. The Morgan fingerprint density at radius 2 is 2.14 bits per heavy atom. The van der Waals surface area contributed by atoms with E-state index >= 15 is 0 Å². The number of hydrogen-bond donors (Lipinski definition) is 3. The van der Waals surface area contributed by atoms with Gasteiger partial charge in [-0.1, -0.05) is 13.8 Å². The maximum atomic E-state index is 11.7. The maximum Gasteiger partial charge on any atom is 0.320 e. The fraction of sp³-hybridized carbons (Fsp3) is 0.643. The molecule has 1 heterocycles. The highest BCUT2D eigenvalue weighted by atomic mass is 16.3. The molecule has 116 valence electrons. The minimum absolute atomic E-state index is 0.108. The second-order valence-corrected chi connectivity index (χ2v) is 5.56. The van der Waals surface area contributed by atoms with Gasteiger partial charge in [0.15, 0.2) is 5.82 Å². The van der Waals surface area contributed by atoms with E-state index in [2.05, 4.69) is 15.7 Å². The summed E-state index contributed by atoms with van der Waals surface area (Å²) in [6.07, 6.45) is 1.64. The van der Waals surface area contributed by atoms with Crippen LogP contribution in [0.2, 0.25) is 0 Å². The third-order valence-electron chi connectivity index (χ3n) is 3.11. The Morgan fingerprint density at radius 1 is 1.48 bits per heavy atom. The van der Waals surface area contributed by atoms with Crippen LogP contribution in [0.1, 0.15) is 45.7 Å². The number of aliphatic hydroxyl groups excluding tert-OH is 1. The van der Waals surface area contributed by atoms with Gasteiger partial charge in [-0.25, -0.2) is 4.79 Å². The molecule has 3 N–H and O–H groups in total. The number of hydrogen-bond acceptors (Lipinski definition) is 4. The summed E-state index contributed by atoms with van der Waals surface area (Å²) >= 11 is 0. The van der Waals surface area contributed by atoms with Crippen LogP contribution in [-0.4, -0.2) is 33.6 Å². The third-order valence-corrected chi connectivity index (χ3v) is 3.11. The number of anilines is 1. The molecule has 1 rings (SSSR count). The largest absolute Gasteiger partial charge is 0.393 e. The molecular weight excluding hydrogens is 270 g/mol. The number of nitrogens with one attached hydrogen (secondary N) is 2. The molecule has 21 heavy (non-hydrogen) atoms. The van der Waals surface area contributed by atoms with Crippen LogP contribution in [0.5, 0.6) is 0 Å². The van der Waals surface area contributed by atoms with E-state index < -0.39 is 12.1 Å². The van der Waals surface area contributed by atoms with E-state index in [4.69, 9.17) is 5.26 Å². The number of carbonyl (C=O) groups is 1. The van der Waals surface area contributed by atoms with Gasteiger partial charge in [0.25, 0.3) is 0 Å². The molecule has 0 saturated heterocycles. The zero-order valence-corrected chi connectivity index (χ0v) is 12.9. The van der Waals surface area contributed by atoms with Crippen molar-refractivity contribution >= 4 is 11.8 Å². The molecule has 0 aliphatic heterocycles. The molecule has 0 aliphatic carbocycles. The molecule has 0 spiro atoms. The number of nitriles is 1. The topological polar surface area (TPSA) is 103 Å². The first-order valence-corrected chi connectivity index (χ1v) is 7.07. The van der Waals surface area contributed by atoms with E-state index in [0.717, 1.165) is 0 Å². The minimum Gasteiger partial charge on any atom is -0.393 e. The van der Waals surface area contributed by atoms with Crippen molar-refractivity contribution in [2.24, 2.45) is 5.92 Å². The second kappa shape index (κ2) is 7.64. The molecule has 2 amide bonds. The molecular formula is C14H23N5O2. The summed E-state index contributed by atoms with van der Waals surface area (Å²) in [6, 6.07) is 1.67. The molecule has 0 radical (unpaired) electrons. The van der Waals surface area contributed by atoms with E-state index in [1.165, 1.54) is 0 Å². The number of nitrogens with zero attached hydrogens (tertiary/aromatic N) is 3. The molecule has 1 aromatic rings. The van der Waals surface area contributed by atoms with E-state index in [0.29, 0.717) is 18.5 Å². The molecule has 0 fully saturated rings. The van der Waals surface area contributed by atoms with Gasteiger partial charge < -0.3 is 10.4 Å². The van der Waals surface area contributed by atoms with Crippen molar-refractivity contribution in [1.82, 2.24) is 15.1 Å². The van der Waals surface area contributed by atoms with Gasteiger partial charge in [-0.3, -0.25) is 10.00 Å². The second-order valence-electron chi connectivity index (χ2n) is 5.56. The Morgan fingerprint density at radius 3 is 2.67 bits per heavy atom. The Hall–Kier alpha value is -2.07. The highest BCUT2D eigenvalue weighted by molar-refractivity contribution is 5.89. The quantitative estimate of drug-likeness (QED) is 0.744. The first kappa shape index (κ1) is 17.0. The van der Waals surface area contributed by atoms with Gasteiger partial charge in [0, 0.05) is 18.8 Å². The normalized spacial score (nSPS) is 12.3. The fourth-order valence-corrected chi connectivity index (χ4v) is 1.65.